The van der Waals surface area contributed by atoms with Crippen LogP contribution in [0.25, 0.3) is 10.9 Å². The molecule has 8 heteroatoms. The number of nitrogens with one attached hydrogen (secondary N) is 1. The number of anilines is 1. The molecule has 3 heterocycles. The number of para-hydroxylation sites is 1. The number of aromatic nitrogens is 3. The summed E-state index contributed by atoms with van der Waals surface area (Å²) in [6.45, 7) is 2.65. The Morgan fingerprint density at radius 3 is 2.70 bits per heavy atom. The summed E-state index contributed by atoms with van der Waals surface area (Å²) in [5.74, 6) is 1.50. The first-order chi connectivity index (χ1) is 15.8. The molecule has 1 aliphatic rings. The van der Waals surface area contributed by atoms with E-state index in [0.717, 1.165) is 47.2 Å². The van der Waals surface area contributed by atoms with Crippen molar-refractivity contribution in [2.45, 2.75) is 45.2 Å². The summed E-state index contributed by atoms with van der Waals surface area (Å²) >= 11 is 0. The molecule has 0 aliphatic carbocycles. The van der Waals surface area contributed by atoms with Crippen molar-refractivity contribution in [3.8, 4) is 0 Å². The lowest BCUT2D eigenvalue weighted by Gasteiger charge is -2.35. The monoisotopic (exact) mass is 448 g/mol. The van der Waals surface area contributed by atoms with Crippen LogP contribution in [-0.4, -0.2) is 64.3 Å². The number of piperidine rings is 1. The van der Waals surface area contributed by atoms with Crippen molar-refractivity contribution in [3.05, 3.63) is 53.6 Å². The minimum absolute atomic E-state index is 0.0187. The first-order valence-corrected chi connectivity index (χ1v) is 11.4. The van der Waals surface area contributed by atoms with Crippen LogP contribution in [-0.2, 0) is 22.6 Å². The van der Waals surface area contributed by atoms with E-state index in [1.165, 1.54) is 0 Å². The third-order valence-electron chi connectivity index (χ3n) is 6.32. The predicted octanol–water partition coefficient (Wildman–Crippen LogP) is 3.30. The van der Waals surface area contributed by atoms with Crippen molar-refractivity contribution < 1.29 is 9.59 Å². The standard InChI is InChI=1S/C25H32N6O2/c1-17(32)30(4)16-19-14-23(29(2)3)28-25(27-19)22-11-7-8-12-31(22)24(33)13-18-15-26-21-10-6-5-9-20(18)21/h5-6,9-10,14-15,22,26H,7-8,11-13,16H2,1-4H3/t22-/m0/s1. The highest BCUT2D eigenvalue weighted by Gasteiger charge is 2.31. The Kier molecular flexibility index (Phi) is 6.62. The highest BCUT2D eigenvalue weighted by molar-refractivity contribution is 5.89. The van der Waals surface area contributed by atoms with Crippen LogP contribution in [0.15, 0.2) is 36.5 Å². The van der Waals surface area contributed by atoms with Crippen molar-refractivity contribution in [2.75, 3.05) is 32.6 Å². The summed E-state index contributed by atoms with van der Waals surface area (Å²) in [7, 11) is 5.63. The molecule has 1 aromatic carbocycles. The lowest BCUT2D eigenvalue weighted by atomic mass is 9.99. The Balaban J connectivity index is 1.62. The highest BCUT2D eigenvalue weighted by atomic mass is 16.2. The van der Waals surface area contributed by atoms with Gasteiger partial charge in [-0.25, -0.2) is 9.97 Å². The summed E-state index contributed by atoms with van der Waals surface area (Å²) < 4.78 is 0. The van der Waals surface area contributed by atoms with Gasteiger partial charge in [0.25, 0.3) is 0 Å². The average molecular weight is 449 g/mol. The Labute approximate surface area is 194 Å². The molecule has 0 unspecified atom stereocenters. The molecule has 1 fully saturated rings. The van der Waals surface area contributed by atoms with Gasteiger partial charge in [0.1, 0.15) is 5.82 Å². The number of carbonyl (C=O) groups is 2. The molecule has 4 rings (SSSR count). The fourth-order valence-corrected chi connectivity index (χ4v) is 4.36. The quantitative estimate of drug-likeness (QED) is 0.625. The maximum absolute atomic E-state index is 13.5. The van der Waals surface area contributed by atoms with Crippen LogP contribution in [0.4, 0.5) is 5.82 Å². The Hall–Kier alpha value is -3.42. The summed E-state index contributed by atoms with van der Waals surface area (Å²) in [5, 5.41) is 1.08. The largest absolute Gasteiger partial charge is 0.363 e. The SMILES string of the molecule is CC(=O)N(C)Cc1cc(N(C)C)nc([C@@H]2CCCCN2C(=O)Cc2c[nH]c3ccccc23)n1. The zero-order valence-electron chi connectivity index (χ0n) is 19.8. The van der Waals surface area contributed by atoms with E-state index in [2.05, 4.69) is 4.98 Å². The van der Waals surface area contributed by atoms with E-state index in [1.807, 2.05) is 60.4 Å². The van der Waals surface area contributed by atoms with Crippen molar-refractivity contribution in [1.82, 2.24) is 24.8 Å². The van der Waals surface area contributed by atoms with Gasteiger partial charge in [-0.05, 0) is 30.9 Å². The van der Waals surface area contributed by atoms with Crippen LogP contribution in [0, 0.1) is 0 Å². The predicted molar refractivity (Wildman–Crippen MR) is 129 cm³/mol. The molecular formula is C25H32N6O2. The molecule has 0 radical (unpaired) electrons. The number of amides is 2. The molecule has 2 amide bonds. The second-order valence-electron chi connectivity index (χ2n) is 8.98. The summed E-state index contributed by atoms with van der Waals surface area (Å²) in [6, 6.07) is 9.79. The van der Waals surface area contributed by atoms with E-state index >= 15 is 0 Å². The summed E-state index contributed by atoms with van der Waals surface area (Å²) in [6.07, 6.45) is 5.11. The van der Waals surface area contributed by atoms with Crippen LogP contribution in [0.1, 0.15) is 49.3 Å². The van der Waals surface area contributed by atoms with Crippen LogP contribution >= 0.6 is 0 Å². The van der Waals surface area contributed by atoms with Gasteiger partial charge in [-0.3, -0.25) is 9.59 Å². The van der Waals surface area contributed by atoms with E-state index in [9.17, 15) is 9.59 Å². The molecule has 0 saturated carbocycles. The van der Waals surface area contributed by atoms with Gasteiger partial charge in [0, 0.05) is 57.8 Å². The zero-order valence-corrected chi connectivity index (χ0v) is 19.8. The molecule has 8 nitrogen and oxygen atoms in total. The van der Waals surface area contributed by atoms with Crippen LogP contribution in [0.2, 0.25) is 0 Å². The van der Waals surface area contributed by atoms with E-state index in [-0.39, 0.29) is 17.9 Å². The number of rotatable bonds is 6. The normalized spacial score (nSPS) is 16.1. The van der Waals surface area contributed by atoms with Crippen molar-refractivity contribution in [2.24, 2.45) is 0 Å². The molecule has 3 aromatic rings. The lowest BCUT2D eigenvalue weighted by molar-refractivity contribution is -0.134. The first-order valence-electron chi connectivity index (χ1n) is 11.4. The number of likely N-dealkylation sites (tertiary alicyclic amines) is 1. The summed E-state index contributed by atoms with van der Waals surface area (Å²) in [5.41, 5.74) is 2.82. The Bertz CT molecular complexity index is 1150. The molecule has 0 spiro atoms. The van der Waals surface area contributed by atoms with E-state index < -0.39 is 0 Å². The number of carbonyl (C=O) groups excluding carboxylic acids is 2. The van der Waals surface area contributed by atoms with E-state index in [0.29, 0.717) is 25.3 Å². The molecule has 1 saturated heterocycles. The molecule has 1 N–H and O–H groups in total. The van der Waals surface area contributed by atoms with E-state index in [4.69, 9.17) is 9.97 Å². The average Bonchev–Trinajstić information content (AvgIpc) is 3.21. The van der Waals surface area contributed by atoms with E-state index in [1.54, 1.807) is 18.9 Å². The van der Waals surface area contributed by atoms with Gasteiger partial charge in [-0.2, -0.15) is 0 Å². The van der Waals surface area contributed by atoms with Gasteiger partial charge in [-0.15, -0.1) is 0 Å². The number of hydrogen-bond acceptors (Lipinski definition) is 5. The maximum Gasteiger partial charge on any atom is 0.227 e. The number of fused-ring (bicyclic) bond motifs is 1. The minimum Gasteiger partial charge on any atom is -0.363 e. The number of nitrogens with zero attached hydrogens (tertiary/aromatic N) is 5. The van der Waals surface area contributed by atoms with Gasteiger partial charge in [-0.1, -0.05) is 18.2 Å². The van der Waals surface area contributed by atoms with Gasteiger partial charge >= 0.3 is 0 Å². The highest BCUT2D eigenvalue weighted by Crippen LogP contribution is 2.31. The second kappa shape index (κ2) is 9.60. The number of H-pyrrole nitrogens is 1. The third kappa shape index (κ3) is 4.99. The molecule has 33 heavy (non-hydrogen) atoms. The van der Waals surface area contributed by atoms with Gasteiger partial charge in [0.05, 0.1) is 24.7 Å². The minimum atomic E-state index is -0.169. The van der Waals surface area contributed by atoms with Crippen molar-refractivity contribution >= 4 is 28.5 Å². The van der Waals surface area contributed by atoms with Gasteiger partial charge in [0.2, 0.25) is 11.8 Å². The van der Waals surface area contributed by atoms with Gasteiger partial charge in [0.15, 0.2) is 5.82 Å². The Morgan fingerprint density at radius 2 is 1.94 bits per heavy atom. The van der Waals surface area contributed by atoms with Crippen molar-refractivity contribution in [3.63, 3.8) is 0 Å². The summed E-state index contributed by atoms with van der Waals surface area (Å²) in [4.78, 5) is 43.6. The molecular weight excluding hydrogens is 416 g/mol. The molecule has 1 aliphatic heterocycles. The fraction of sp³-hybridized carbons (Fsp3) is 0.440. The maximum atomic E-state index is 13.5. The smallest absolute Gasteiger partial charge is 0.227 e. The number of aromatic amines is 1. The number of benzene rings is 1. The van der Waals surface area contributed by atoms with Crippen LogP contribution in [0.5, 0.6) is 0 Å². The first kappa shape index (κ1) is 22.8. The van der Waals surface area contributed by atoms with Crippen LogP contribution in [0.3, 0.4) is 0 Å². The molecule has 174 valence electrons. The third-order valence-corrected chi connectivity index (χ3v) is 6.32. The molecule has 1 atom stereocenters. The topological polar surface area (TPSA) is 85.4 Å². The van der Waals surface area contributed by atoms with Gasteiger partial charge < -0.3 is 19.7 Å². The molecule has 0 bridgehead atoms. The zero-order chi connectivity index (χ0) is 23.5. The lowest BCUT2D eigenvalue weighted by Crippen LogP contribution is -2.40. The Morgan fingerprint density at radius 1 is 1.15 bits per heavy atom. The molecule has 2 aromatic heterocycles. The second-order valence-corrected chi connectivity index (χ2v) is 8.98. The van der Waals surface area contributed by atoms with Crippen LogP contribution < -0.4 is 4.90 Å². The van der Waals surface area contributed by atoms with Crippen molar-refractivity contribution in [1.29, 1.82) is 0 Å². The fourth-order valence-electron chi connectivity index (χ4n) is 4.36. The number of hydrogen-bond donors (Lipinski definition) is 1.